The third-order valence-corrected chi connectivity index (χ3v) is 2.45. The van der Waals surface area contributed by atoms with Crippen molar-refractivity contribution in [2.75, 3.05) is 13.2 Å². The lowest BCUT2D eigenvalue weighted by atomic mass is 10.2. The second-order valence-electron chi connectivity index (χ2n) is 2.76. The molecule has 1 aromatic heterocycles. The fourth-order valence-electron chi connectivity index (χ4n) is 1.26. The molecule has 1 saturated heterocycles. The third-order valence-electron chi connectivity index (χ3n) is 1.89. The molecule has 1 aromatic rings. The minimum atomic E-state index is -0.916. The summed E-state index contributed by atoms with van der Waals surface area (Å²) in [5.74, 6) is 0. The van der Waals surface area contributed by atoms with Gasteiger partial charge in [0.1, 0.15) is 12.2 Å². The highest BCUT2D eigenvalue weighted by Gasteiger charge is 2.29. The van der Waals surface area contributed by atoms with Crippen molar-refractivity contribution >= 4 is 22.6 Å². The van der Waals surface area contributed by atoms with Gasteiger partial charge in [0.25, 0.3) is 0 Å². The molecule has 0 bridgehead atoms. The molecular weight excluding hydrogens is 274 g/mol. The van der Waals surface area contributed by atoms with Crippen LogP contribution in [0.25, 0.3) is 0 Å². The Bertz CT molecular complexity index is 278. The smallest absolute Gasteiger partial charge is 0.148 e. The Morgan fingerprint density at radius 2 is 2.50 bits per heavy atom. The summed E-state index contributed by atoms with van der Waals surface area (Å²) >= 11 is 2.15. The molecule has 0 aromatic carbocycles. The second kappa shape index (κ2) is 3.29. The molecule has 12 heavy (non-hydrogen) atoms. The van der Waals surface area contributed by atoms with Crippen LogP contribution in [0.5, 0.6) is 0 Å². The number of halogens is 2. The standard InChI is InChI=1S/C7H8FIN2O/c8-6-3-12-4-7(6)11-2-5(9)1-10-11/h1-2,6-7H,3-4H2. The van der Waals surface area contributed by atoms with Crippen molar-refractivity contribution in [2.45, 2.75) is 12.2 Å². The van der Waals surface area contributed by atoms with Crippen LogP contribution in [0, 0.1) is 3.57 Å². The van der Waals surface area contributed by atoms with Gasteiger partial charge in [0.15, 0.2) is 0 Å². The molecule has 2 unspecified atom stereocenters. The normalized spacial score (nSPS) is 29.5. The monoisotopic (exact) mass is 282 g/mol. The van der Waals surface area contributed by atoms with Crippen LogP contribution in [0.15, 0.2) is 12.4 Å². The van der Waals surface area contributed by atoms with E-state index in [0.29, 0.717) is 6.61 Å². The van der Waals surface area contributed by atoms with E-state index in [-0.39, 0.29) is 12.6 Å². The molecule has 5 heteroatoms. The van der Waals surface area contributed by atoms with Crippen LogP contribution in [-0.4, -0.2) is 29.2 Å². The van der Waals surface area contributed by atoms with Crippen molar-refractivity contribution in [1.82, 2.24) is 9.78 Å². The van der Waals surface area contributed by atoms with Crippen molar-refractivity contribution in [3.63, 3.8) is 0 Å². The Hall–Kier alpha value is -0.170. The first-order valence-corrected chi connectivity index (χ1v) is 4.77. The van der Waals surface area contributed by atoms with Gasteiger partial charge < -0.3 is 4.74 Å². The summed E-state index contributed by atoms with van der Waals surface area (Å²) in [6.07, 6.45) is 2.62. The lowest BCUT2D eigenvalue weighted by Gasteiger charge is -2.09. The zero-order valence-electron chi connectivity index (χ0n) is 6.28. The molecule has 0 aliphatic carbocycles. The average Bonchev–Trinajstić information content (AvgIpc) is 2.58. The van der Waals surface area contributed by atoms with Gasteiger partial charge in [-0.15, -0.1) is 0 Å². The quantitative estimate of drug-likeness (QED) is 0.728. The van der Waals surface area contributed by atoms with Gasteiger partial charge in [-0.3, -0.25) is 4.68 Å². The molecule has 1 aliphatic rings. The highest BCUT2D eigenvalue weighted by atomic mass is 127. The summed E-state index contributed by atoms with van der Waals surface area (Å²) < 4.78 is 20.7. The van der Waals surface area contributed by atoms with Gasteiger partial charge in [-0.05, 0) is 22.6 Å². The fourth-order valence-corrected chi connectivity index (χ4v) is 1.67. The number of alkyl halides is 1. The summed E-state index contributed by atoms with van der Waals surface area (Å²) in [5, 5.41) is 4.04. The van der Waals surface area contributed by atoms with E-state index >= 15 is 0 Å². The lowest BCUT2D eigenvalue weighted by Crippen LogP contribution is -2.18. The average molecular weight is 282 g/mol. The molecule has 2 rings (SSSR count). The molecule has 1 fully saturated rings. The Balaban J connectivity index is 2.19. The maximum atomic E-state index is 13.1. The third kappa shape index (κ3) is 1.47. The molecule has 66 valence electrons. The van der Waals surface area contributed by atoms with Gasteiger partial charge in [-0.1, -0.05) is 0 Å². The fraction of sp³-hybridized carbons (Fsp3) is 0.571. The number of hydrogen-bond donors (Lipinski definition) is 0. The lowest BCUT2D eigenvalue weighted by molar-refractivity contribution is 0.172. The van der Waals surface area contributed by atoms with Crippen molar-refractivity contribution in [1.29, 1.82) is 0 Å². The van der Waals surface area contributed by atoms with Crippen molar-refractivity contribution in [2.24, 2.45) is 0 Å². The van der Waals surface area contributed by atoms with E-state index in [4.69, 9.17) is 4.74 Å². The van der Waals surface area contributed by atoms with Crippen LogP contribution < -0.4 is 0 Å². The maximum Gasteiger partial charge on any atom is 0.148 e. The summed E-state index contributed by atoms with van der Waals surface area (Å²) in [4.78, 5) is 0. The molecule has 0 spiro atoms. The zero-order chi connectivity index (χ0) is 8.55. The number of nitrogens with zero attached hydrogens (tertiary/aromatic N) is 2. The summed E-state index contributed by atoms with van der Waals surface area (Å²) in [6, 6.07) is -0.228. The Kier molecular flexibility index (Phi) is 2.31. The minimum Gasteiger partial charge on any atom is -0.376 e. The van der Waals surface area contributed by atoms with E-state index < -0.39 is 6.17 Å². The Morgan fingerprint density at radius 1 is 1.67 bits per heavy atom. The van der Waals surface area contributed by atoms with Crippen LogP contribution in [0.1, 0.15) is 6.04 Å². The molecule has 2 atom stereocenters. The molecule has 3 nitrogen and oxygen atoms in total. The van der Waals surface area contributed by atoms with Crippen LogP contribution in [0.4, 0.5) is 4.39 Å². The van der Waals surface area contributed by atoms with Crippen LogP contribution >= 0.6 is 22.6 Å². The topological polar surface area (TPSA) is 27.1 Å². The molecule has 2 heterocycles. The van der Waals surface area contributed by atoms with Gasteiger partial charge in [0, 0.05) is 6.20 Å². The van der Waals surface area contributed by atoms with Gasteiger partial charge in [-0.2, -0.15) is 5.10 Å². The predicted octanol–water partition coefficient (Wildman–Crippen LogP) is 1.40. The van der Waals surface area contributed by atoms with Crippen molar-refractivity contribution in [3.05, 3.63) is 16.0 Å². The second-order valence-corrected chi connectivity index (χ2v) is 4.00. The van der Waals surface area contributed by atoms with Gasteiger partial charge in [0.2, 0.25) is 0 Å². The molecule has 1 aliphatic heterocycles. The van der Waals surface area contributed by atoms with E-state index in [1.807, 2.05) is 6.20 Å². The number of aromatic nitrogens is 2. The Labute approximate surface area is 83.0 Å². The van der Waals surface area contributed by atoms with Crippen molar-refractivity contribution < 1.29 is 9.13 Å². The molecule has 0 saturated carbocycles. The van der Waals surface area contributed by atoms with E-state index in [2.05, 4.69) is 27.7 Å². The number of ether oxygens (including phenoxy) is 1. The number of rotatable bonds is 1. The van der Waals surface area contributed by atoms with Crippen molar-refractivity contribution in [3.8, 4) is 0 Å². The molecule has 0 amide bonds. The first kappa shape index (κ1) is 8.43. The van der Waals surface area contributed by atoms with Gasteiger partial charge in [0.05, 0.1) is 23.0 Å². The number of hydrogen-bond acceptors (Lipinski definition) is 2. The molecule has 0 radical (unpaired) electrons. The SMILES string of the molecule is FC1COCC1n1cc(I)cn1. The van der Waals surface area contributed by atoms with E-state index in [1.54, 1.807) is 10.9 Å². The minimum absolute atomic E-state index is 0.196. The van der Waals surface area contributed by atoms with Crippen LogP contribution in [0.3, 0.4) is 0 Å². The predicted molar refractivity (Wildman–Crippen MR) is 49.7 cm³/mol. The highest BCUT2D eigenvalue weighted by molar-refractivity contribution is 14.1. The van der Waals surface area contributed by atoms with Crippen LogP contribution in [-0.2, 0) is 4.74 Å². The zero-order valence-corrected chi connectivity index (χ0v) is 8.44. The van der Waals surface area contributed by atoms with E-state index in [1.165, 1.54) is 0 Å². The largest absolute Gasteiger partial charge is 0.376 e. The Morgan fingerprint density at radius 3 is 3.00 bits per heavy atom. The maximum absolute atomic E-state index is 13.1. The summed E-state index contributed by atoms with van der Waals surface area (Å²) in [5.41, 5.74) is 0. The summed E-state index contributed by atoms with van der Waals surface area (Å²) in [6.45, 7) is 0.625. The van der Waals surface area contributed by atoms with E-state index in [0.717, 1.165) is 3.57 Å². The van der Waals surface area contributed by atoms with Gasteiger partial charge in [-0.25, -0.2) is 4.39 Å². The molecule has 0 N–H and O–H groups in total. The molecular formula is C7H8FIN2O. The first-order chi connectivity index (χ1) is 5.77. The van der Waals surface area contributed by atoms with E-state index in [9.17, 15) is 4.39 Å². The summed E-state index contributed by atoms with van der Waals surface area (Å²) in [7, 11) is 0. The van der Waals surface area contributed by atoms with Gasteiger partial charge >= 0.3 is 0 Å². The van der Waals surface area contributed by atoms with Crippen LogP contribution in [0.2, 0.25) is 0 Å². The highest BCUT2D eigenvalue weighted by Crippen LogP contribution is 2.22. The first-order valence-electron chi connectivity index (χ1n) is 3.69.